The van der Waals surface area contributed by atoms with Gasteiger partial charge in [0.05, 0.1) is 17.7 Å². The highest BCUT2D eigenvalue weighted by molar-refractivity contribution is 7.98. The molecule has 0 aliphatic rings. The highest BCUT2D eigenvalue weighted by Gasteiger charge is 2.24. The fourth-order valence-electron chi connectivity index (χ4n) is 2.77. The Bertz CT molecular complexity index is 1060. The maximum atomic E-state index is 12.6. The van der Waals surface area contributed by atoms with Crippen LogP contribution in [-0.2, 0) is 16.1 Å². The molecule has 8 nitrogen and oxygen atoms in total. The first kappa shape index (κ1) is 23.6. The fourth-order valence-corrected chi connectivity index (χ4v) is 3.46. The second-order valence-corrected chi connectivity index (χ2v) is 8.03. The zero-order valence-electron chi connectivity index (χ0n) is 17.5. The van der Waals surface area contributed by atoms with E-state index < -0.39 is 17.9 Å². The standard InChI is InChI=1S/C22H22ClN3O5S/c1-29-15-9-7-14(8-10-15)21-25-19(26-31-21)13-30-22(28)18(11-12-32-2)24-20(27)16-5-3-4-6-17(16)23/h3-10,18H,11-13H2,1-2H3,(H,24,27). The van der Waals surface area contributed by atoms with E-state index in [1.165, 1.54) is 0 Å². The van der Waals surface area contributed by atoms with Gasteiger partial charge in [-0.25, -0.2) is 4.79 Å². The van der Waals surface area contributed by atoms with Gasteiger partial charge in [-0.15, -0.1) is 0 Å². The van der Waals surface area contributed by atoms with E-state index in [1.807, 2.05) is 6.26 Å². The van der Waals surface area contributed by atoms with Gasteiger partial charge >= 0.3 is 5.97 Å². The molecule has 0 aliphatic carbocycles. The first-order valence-electron chi connectivity index (χ1n) is 9.69. The highest BCUT2D eigenvalue weighted by atomic mass is 35.5. The number of nitrogens with zero attached hydrogens (tertiary/aromatic N) is 2. The van der Waals surface area contributed by atoms with Gasteiger partial charge in [0.25, 0.3) is 11.8 Å². The quantitative estimate of drug-likeness (QED) is 0.439. The lowest BCUT2D eigenvalue weighted by Gasteiger charge is -2.17. The van der Waals surface area contributed by atoms with Crippen molar-refractivity contribution in [3.8, 4) is 17.2 Å². The van der Waals surface area contributed by atoms with Gasteiger partial charge in [0.15, 0.2) is 6.61 Å². The number of thioether (sulfide) groups is 1. The van der Waals surface area contributed by atoms with E-state index in [0.717, 1.165) is 0 Å². The van der Waals surface area contributed by atoms with Crippen molar-refractivity contribution in [2.75, 3.05) is 19.1 Å². The van der Waals surface area contributed by atoms with Crippen LogP contribution in [0.5, 0.6) is 5.75 Å². The molecule has 1 unspecified atom stereocenters. The van der Waals surface area contributed by atoms with Crippen LogP contribution in [0.25, 0.3) is 11.5 Å². The minimum Gasteiger partial charge on any atom is -0.497 e. The number of carbonyl (C=O) groups excluding carboxylic acids is 2. The summed E-state index contributed by atoms with van der Waals surface area (Å²) in [6, 6.07) is 12.9. The van der Waals surface area contributed by atoms with Crippen LogP contribution in [0.15, 0.2) is 53.1 Å². The summed E-state index contributed by atoms with van der Waals surface area (Å²) in [5, 5.41) is 6.85. The summed E-state index contributed by atoms with van der Waals surface area (Å²) in [7, 11) is 1.58. The van der Waals surface area contributed by atoms with Crippen molar-refractivity contribution >= 4 is 35.2 Å². The number of nitrogens with one attached hydrogen (secondary N) is 1. The molecule has 0 saturated carbocycles. The number of ether oxygens (including phenoxy) is 2. The van der Waals surface area contributed by atoms with Crippen LogP contribution in [0, 0.1) is 0 Å². The number of hydrogen-bond acceptors (Lipinski definition) is 8. The molecule has 168 valence electrons. The van der Waals surface area contributed by atoms with Gasteiger partial charge in [0.1, 0.15) is 11.8 Å². The third-order valence-electron chi connectivity index (χ3n) is 4.47. The summed E-state index contributed by atoms with van der Waals surface area (Å²) in [6.45, 7) is -0.184. The molecule has 1 amide bonds. The number of hydrogen-bond donors (Lipinski definition) is 1. The molecule has 1 N–H and O–H groups in total. The lowest BCUT2D eigenvalue weighted by atomic mass is 10.1. The third kappa shape index (κ3) is 6.24. The molecule has 0 fully saturated rings. The van der Waals surface area contributed by atoms with E-state index in [-0.39, 0.29) is 12.4 Å². The predicted octanol–water partition coefficient (Wildman–Crippen LogP) is 3.99. The SMILES string of the molecule is COc1ccc(-c2nc(COC(=O)C(CCSC)NC(=O)c3ccccc3Cl)no2)cc1. The Kier molecular flexibility index (Phi) is 8.52. The third-order valence-corrected chi connectivity index (χ3v) is 5.44. The van der Waals surface area contributed by atoms with E-state index in [0.29, 0.717) is 40.0 Å². The lowest BCUT2D eigenvalue weighted by molar-refractivity contribution is -0.147. The summed E-state index contributed by atoms with van der Waals surface area (Å²) in [5.74, 6) is 0.842. The molecule has 2 aromatic carbocycles. The van der Waals surface area contributed by atoms with Gasteiger partial charge in [-0.05, 0) is 54.8 Å². The normalized spacial score (nSPS) is 11.6. The van der Waals surface area contributed by atoms with Crippen LogP contribution in [0.4, 0.5) is 0 Å². The summed E-state index contributed by atoms with van der Waals surface area (Å²) in [4.78, 5) is 29.5. The van der Waals surface area contributed by atoms with Crippen LogP contribution in [0.1, 0.15) is 22.6 Å². The lowest BCUT2D eigenvalue weighted by Crippen LogP contribution is -2.42. The number of aromatic nitrogens is 2. The second kappa shape index (κ2) is 11.5. The Labute approximate surface area is 194 Å². The van der Waals surface area contributed by atoms with Crippen molar-refractivity contribution in [2.45, 2.75) is 19.1 Å². The van der Waals surface area contributed by atoms with E-state index in [2.05, 4.69) is 15.5 Å². The van der Waals surface area contributed by atoms with Crippen LogP contribution >= 0.6 is 23.4 Å². The number of esters is 1. The van der Waals surface area contributed by atoms with Crippen molar-refractivity contribution in [3.63, 3.8) is 0 Å². The van der Waals surface area contributed by atoms with Gasteiger partial charge in [-0.1, -0.05) is 28.9 Å². The van der Waals surface area contributed by atoms with Crippen molar-refractivity contribution in [2.24, 2.45) is 0 Å². The average molecular weight is 476 g/mol. The number of carbonyl (C=O) groups is 2. The molecular formula is C22H22ClN3O5S. The van der Waals surface area contributed by atoms with E-state index in [9.17, 15) is 9.59 Å². The summed E-state index contributed by atoms with van der Waals surface area (Å²) >= 11 is 7.64. The van der Waals surface area contributed by atoms with Crippen LogP contribution in [0.3, 0.4) is 0 Å². The molecule has 3 rings (SSSR count). The highest BCUT2D eigenvalue weighted by Crippen LogP contribution is 2.21. The van der Waals surface area contributed by atoms with Gasteiger partial charge in [-0.2, -0.15) is 16.7 Å². The Morgan fingerprint density at radius 1 is 1.19 bits per heavy atom. The van der Waals surface area contributed by atoms with Crippen molar-refractivity contribution in [1.29, 1.82) is 0 Å². The van der Waals surface area contributed by atoms with Gasteiger partial charge in [0, 0.05) is 5.56 Å². The van der Waals surface area contributed by atoms with E-state index in [1.54, 1.807) is 67.4 Å². The molecule has 1 heterocycles. The molecular weight excluding hydrogens is 454 g/mol. The molecule has 3 aromatic rings. The van der Waals surface area contributed by atoms with Crippen molar-refractivity contribution in [3.05, 3.63) is 64.9 Å². The van der Waals surface area contributed by atoms with Crippen LogP contribution in [0.2, 0.25) is 5.02 Å². The minimum absolute atomic E-state index is 0.184. The molecule has 1 atom stereocenters. The molecule has 32 heavy (non-hydrogen) atoms. The summed E-state index contributed by atoms with van der Waals surface area (Å²) in [6.07, 6.45) is 2.32. The Balaban J connectivity index is 1.62. The monoisotopic (exact) mass is 475 g/mol. The molecule has 0 saturated heterocycles. The number of amides is 1. The maximum absolute atomic E-state index is 12.6. The van der Waals surface area contributed by atoms with Crippen LogP contribution in [-0.4, -0.2) is 47.2 Å². The van der Waals surface area contributed by atoms with Gasteiger partial charge in [-0.3, -0.25) is 4.79 Å². The van der Waals surface area contributed by atoms with Crippen LogP contribution < -0.4 is 10.1 Å². The molecule has 0 radical (unpaired) electrons. The van der Waals surface area contributed by atoms with Gasteiger partial charge in [0.2, 0.25) is 5.82 Å². The topological polar surface area (TPSA) is 104 Å². The first-order chi connectivity index (χ1) is 15.5. The number of methoxy groups -OCH3 is 1. The zero-order valence-corrected chi connectivity index (χ0v) is 19.1. The minimum atomic E-state index is -0.834. The maximum Gasteiger partial charge on any atom is 0.329 e. The zero-order chi connectivity index (χ0) is 22.9. The molecule has 1 aromatic heterocycles. The van der Waals surface area contributed by atoms with E-state index in [4.69, 9.17) is 25.6 Å². The summed E-state index contributed by atoms with van der Waals surface area (Å²) < 4.78 is 15.7. The molecule has 0 aliphatic heterocycles. The Morgan fingerprint density at radius 3 is 2.62 bits per heavy atom. The largest absolute Gasteiger partial charge is 0.497 e. The number of rotatable bonds is 10. The Morgan fingerprint density at radius 2 is 1.94 bits per heavy atom. The Hall–Kier alpha value is -3.04. The first-order valence-corrected chi connectivity index (χ1v) is 11.5. The predicted molar refractivity (Wildman–Crippen MR) is 122 cm³/mol. The number of halogens is 1. The average Bonchev–Trinajstić information content (AvgIpc) is 3.29. The summed E-state index contributed by atoms with van der Waals surface area (Å²) in [5.41, 5.74) is 0.999. The fraction of sp³-hybridized carbons (Fsp3) is 0.273. The molecule has 10 heteroatoms. The number of benzene rings is 2. The van der Waals surface area contributed by atoms with Gasteiger partial charge < -0.3 is 19.3 Å². The van der Waals surface area contributed by atoms with Crippen molar-refractivity contribution < 1.29 is 23.6 Å². The molecule has 0 bridgehead atoms. The van der Waals surface area contributed by atoms with Crippen molar-refractivity contribution in [1.82, 2.24) is 15.5 Å². The van der Waals surface area contributed by atoms with E-state index >= 15 is 0 Å². The smallest absolute Gasteiger partial charge is 0.329 e. The second-order valence-electron chi connectivity index (χ2n) is 6.64. The molecule has 0 spiro atoms.